The van der Waals surface area contributed by atoms with Gasteiger partial charge in [-0.05, 0) is 62.6 Å². The zero-order valence-corrected chi connectivity index (χ0v) is 20.4. The molecule has 2 saturated heterocycles. The number of nitrogens with zero attached hydrogens (tertiary/aromatic N) is 4. The quantitative estimate of drug-likeness (QED) is 0.612. The molecule has 0 aromatic heterocycles. The summed E-state index contributed by atoms with van der Waals surface area (Å²) in [5.74, 6) is -0.900. The molecule has 1 atom stereocenters. The summed E-state index contributed by atoms with van der Waals surface area (Å²) in [6, 6.07) is 12.5. The van der Waals surface area contributed by atoms with Crippen LogP contribution in [0.15, 0.2) is 48.5 Å². The van der Waals surface area contributed by atoms with Gasteiger partial charge in [0, 0.05) is 45.0 Å². The van der Waals surface area contributed by atoms with Crippen LogP contribution >= 0.6 is 12.2 Å². The smallest absolute Gasteiger partial charge is 0.256 e. The lowest BCUT2D eigenvalue weighted by Gasteiger charge is -2.34. The third kappa shape index (κ3) is 5.60. The molecule has 2 aromatic rings. The second-order valence-corrected chi connectivity index (χ2v) is 9.27. The molecule has 34 heavy (non-hydrogen) atoms. The summed E-state index contributed by atoms with van der Waals surface area (Å²) in [6.45, 7) is 7.23. The maximum atomic E-state index is 13.5. The van der Waals surface area contributed by atoms with Gasteiger partial charge in [-0.25, -0.2) is 4.39 Å². The van der Waals surface area contributed by atoms with Gasteiger partial charge in [0.2, 0.25) is 5.91 Å². The number of thiocarbonyl (C=S) groups is 1. The molecule has 180 valence electrons. The van der Waals surface area contributed by atoms with Crippen LogP contribution in [0.4, 0.5) is 15.8 Å². The number of piperazine rings is 1. The highest BCUT2D eigenvalue weighted by molar-refractivity contribution is 7.80. The monoisotopic (exact) mass is 483 g/mol. The lowest BCUT2D eigenvalue weighted by Crippen LogP contribution is -2.48. The van der Waals surface area contributed by atoms with E-state index in [4.69, 9.17) is 12.2 Å². The van der Waals surface area contributed by atoms with Gasteiger partial charge in [-0.1, -0.05) is 17.7 Å². The third-order valence-electron chi connectivity index (χ3n) is 6.37. The molecule has 9 heteroatoms. The molecule has 0 bridgehead atoms. The zero-order valence-electron chi connectivity index (χ0n) is 19.5. The number of carbonyl (C=O) groups is 2. The topological polar surface area (TPSA) is 59.1 Å². The van der Waals surface area contributed by atoms with E-state index in [1.807, 2.05) is 36.1 Å². The highest BCUT2D eigenvalue weighted by Crippen LogP contribution is 2.28. The molecule has 2 aliphatic rings. The number of hydrogen-bond donors (Lipinski definition) is 1. The molecular formula is C25H30FN5O2S. The first-order valence-electron chi connectivity index (χ1n) is 11.5. The fraction of sp³-hybridized carbons (Fsp3) is 0.400. The Balaban J connectivity index is 1.50. The molecule has 0 aliphatic carbocycles. The molecule has 1 N–H and O–H groups in total. The Hall–Kier alpha value is -2.88. The lowest BCUT2D eigenvalue weighted by molar-refractivity contribution is -0.124. The Morgan fingerprint density at radius 1 is 1.03 bits per heavy atom. The Morgan fingerprint density at radius 3 is 2.32 bits per heavy atom. The van der Waals surface area contributed by atoms with Gasteiger partial charge in [-0.3, -0.25) is 19.4 Å². The highest BCUT2D eigenvalue weighted by atomic mass is 32.1. The first kappa shape index (κ1) is 24.3. The summed E-state index contributed by atoms with van der Waals surface area (Å²) in [6.07, 6.45) is -0.0402. The van der Waals surface area contributed by atoms with Crippen LogP contribution < -0.4 is 10.2 Å². The molecular weight excluding hydrogens is 453 g/mol. The molecule has 0 saturated carbocycles. The van der Waals surface area contributed by atoms with Gasteiger partial charge >= 0.3 is 0 Å². The number of anilines is 2. The predicted molar refractivity (Wildman–Crippen MR) is 135 cm³/mol. The molecule has 7 nitrogen and oxygen atoms in total. The molecule has 0 spiro atoms. The van der Waals surface area contributed by atoms with E-state index in [-0.39, 0.29) is 24.1 Å². The minimum absolute atomic E-state index is 0.0402. The van der Waals surface area contributed by atoms with Gasteiger partial charge in [0.25, 0.3) is 5.91 Å². The number of aryl methyl sites for hydroxylation is 1. The Labute approximate surface area is 205 Å². The van der Waals surface area contributed by atoms with Crippen LogP contribution in [0.2, 0.25) is 0 Å². The molecule has 2 aliphatic heterocycles. The van der Waals surface area contributed by atoms with Crippen LogP contribution in [0.5, 0.6) is 0 Å². The largest absolute Gasteiger partial charge is 0.335 e. The maximum absolute atomic E-state index is 13.5. The minimum Gasteiger partial charge on any atom is -0.335 e. The van der Waals surface area contributed by atoms with Crippen LogP contribution in [0.3, 0.4) is 0 Å². The van der Waals surface area contributed by atoms with Crippen molar-refractivity contribution in [2.75, 3.05) is 56.5 Å². The van der Waals surface area contributed by atoms with E-state index < -0.39 is 6.04 Å². The number of hydrogen-bond acceptors (Lipinski definition) is 5. The van der Waals surface area contributed by atoms with Crippen molar-refractivity contribution >= 4 is 40.5 Å². The summed E-state index contributed by atoms with van der Waals surface area (Å²) in [4.78, 5) is 34.4. The third-order valence-corrected chi connectivity index (χ3v) is 6.79. The molecule has 2 aromatic carbocycles. The van der Waals surface area contributed by atoms with Gasteiger partial charge in [-0.2, -0.15) is 0 Å². The number of nitrogens with one attached hydrogen (secondary N) is 1. The van der Waals surface area contributed by atoms with Crippen molar-refractivity contribution in [2.45, 2.75) is 19.4 Å². The predicted octanol–water partition coefficient (Wildman–Crippen LogP) is 2.71. The summed E-state index contributed by atoms with van der Waals surface area (Å²) in [5.41, 5.74) is 2.27. The summed E-state index contributed by atoms with van der Waals surface area (Å²) in [5, 5.41) is 3.18. The van der Waals surface area contributed by atoms with Crippen LogP contribution in [-0.2, 0) is 9.59 Å². The molecule has 2 fully saturated rings. The molecule has 2 amide bonds. The molecule has 0 radical (unpaired) electrons. The fourth-order valence-electron chi connectivity index (χ4n) is 4.26. The second-order valence-electron chi connectivity index (χ2n) is 8.91. The first-order chi connectivity index (χ1) is 16.3. The molecule has 0 unspecified atom stereocenters. The van der Waals surface area contributed by atoms with E-state index in [0.29, 0.717) is 23.0 Å². The number of amides is 2. The minimum atomic E-state index is -0.693. The van der Waals surface area contributed by atoms with E-state index in [2.05, 4.69) is 22.2 Å². The standard InChI is InChI=1S/C25H30FN5O2S/c1-18-3-9-21(10-4-18)31-24(33)22(17-23(32)27-20-7-5-19(26)6-8-20)30(25(31)34)16-15-29-13-11-28(2)12-14-29/h3-10,22H,11-17H2,1-2H3,(H,27,32)/t22-/m0/s1. The van der Waals surface area contributed by atoms with E-state index in [9.17, 15) is 14.0 Å². The number of rotatable bonds is 7. The first-order valence-corrected chi connectivity index (χ1v) is 11.9. The van der Waals surface area contributed by atoms with Crippen LogP contribution in [0.25, 0.3) is 0 Å². The highest BCUT2D eigenvalue weighted by Gasteiger charge is 2.44. The van der Waals surface area contributed by atoms with Crippen LogP contribution in [-0.4, -0.2) is 84.0 Å². The van der Waals surface area contributed by atoms with Crippen molar-refractivity contribution < 1.29 is 14.0 Å². The Bertz CT molecular complexity index is 1040. The average Bonchev–Trinajstić information content (AvgIpc) is 3.04. The van der Waals surface area contributed by atoms with Crippen molar-refractivity contribution in [3.8, 4) is 0 Å². The van der Waals surface area contributed by atoms with Gasteiger partial charge in [-0.15, -0.1) is 0 Å². The zero-order chi connectivity index (χ0) is 24.2. The van der Waals surface area contributed by atoms with E-state index in [0.717, 1.165) is 38.3 Å². The fourth-order valence-corrected chi connectivity index (χ4v) is 4.67. The van der Waals surface area contributed by atoms with E-state index >= 15 is 0 Å². The van der Waals surface area contributed by atoms with E-state index in [1.165, 1.54) is 29.2 Å². The number of likely N-dealkylation sites (N-methyl/N-ethyl adjacent to an activating group) is 1. The molecule has 4 rings (SSSR count). The number of halogens is 1. The number of benzene rings is 2. The Kier molecular flexibility index (Phi) is 7.55. The van der Waals surface area contributed by atoms with Gasteiger partial charge in [0.05, 0.1) is 12.1 Å². The normalized spacial score (nSPS) is 19.7. The summed E-state index contributed by atoms with van der Waals surface area (Å²) in [7, 11) is 2.11. The van der Waals surface area contributed by atoms with Crippen molar-refractivity contribution in [1.82, 2.24) is 14.7 Å². The van der Waals surface area contributed by atoms with Crippen molar-refractivity contribution in [3.05, 3.63) is 59.9 Å². The van der Waals surface area contributed by atoms with Crippen LogP contribution in [0.1, 0.15) is 12.0 Å². The van der Waals surface area contributed by atoms with Crippen molar-refractivity contribution in [1.29, 1.82) is 0 Å². The van der Waals surface area contributed by atoms with Gasteiger partial charge < -0.3 is 15.1 Å². The average molecular weight is 484 g/mol. The molecule has 2 heterocycles. The SMILES string of the molecule is Cc1ccc(N2C(=O)[C@H](CC(=O)Nc3ccc(F)cc3)N(CCN3CCN(C)CC3)C2=S)cc1. The summed E-state index contributed by atoms with van der Waals surface area (Å²) >= 11 is 5.74. The van der Waals surface area contributed by atoms with Gasteiger partial charge in [0.15, 0.2) is 5.11 Å². The summed E-state index contributed by atoms with van der Waals surface area (Å²) < 4.78 is 13.2. The van der Waals surface area contributed by atoms with Gasteiger partial charge in [0.1, 0.15) is 11.9 Å². The lowest BCUT2D eigenvalue weighted by atomic mass is 10.1. The van der Waals surface area contributed by atoms with Crippen LogP contribution in [0, 0.1) is 12.7 Å². The van der Waals surface area contributed by atoms with Crippen molar-refractivity contribution in [3.63, 3.8) is 0 Å². The van der Waals surface area contributed by atoms with Crippen molar-refractivity contribution in [2.24, 2.45) is 0 Å². The van der Waals surface area contributed by atoms with E-state index in [1.54, 1.807) is 0 Å². The maximum Gasteiger partial charge on any atom is 0.256 e. The second kappa shape index (κ2) is 10.6. The number of carbonyl (C=O) groups excluding carboxylic acids is 2. The Morgan fingerprint density at radius 2 is 1.68 bits per heavy atom.